The van der Waals surface area contributed by atoms with Gasteiger partial charge in [-0.15, -0.1) is 11.3 Å². The van der Waals surface area contributed by atoms with Gasteiger partial charge in [0.1, 0.15) is 17.0 Å². The summed E-state index contributed by atoms with van der Waals surface area (Å²) in [6.45, 7) is 5.70. The molecule has 0 spiro atoms. The Morgan fingerprint density at radius 1 is 1.11 bits per heavy atom. The first-order chi connectivity index (χ1) is 13.8. The quantitative estimate of drug-likeness (QED) is 0.686. The Kier molecular flexibility index (Phi) is 5.03. The lowest BCUT2D eigenvalue weighted by Gasteiger charge is -2.32. The van der Waals surface area contributed by atoms with Crippen molar-refractivity contribution in [3.05, 3.63) is 52.7 Å². The molecule has 1 aliphatic carbocycles. The minimum Gasteiger partial charge on any atom is -0.367 e. The van der Waals surface area contributed by atoms with E-state index in [0.29, 0.717) is 6.04 Å². The molecule has 3 heterocycles. The fraction of sp³-hybridized carbons (Fsp3) is 0.478. The van der Waals surface area contributed by atoms with Crippen LogP contribution in [0.5, 0.6) is 0 Å². The molecule has 0 radical (unpaired) electrons. The lowest BCUT2D eigenvalue weighted by Crippen LogP contribution is -2.38. The molecule has 146 valence electrons. The highest BCUT2D eigenvalue weighted by Crippen LogP contribution is 2.40. The van der Waals surface area contributed by atoms with Gasteiger partial charge >= 0.3 is 0 Å². The predicted octanol–water partition coefficient (Wildman–Crippen LogP) is 4.89. The van der Waals surface area contributed by atoms with Crippen LogP contribution in [0, 0.1) is 5.92 Å². The first-order valence-electron chi connectivity index (χ1n) is 10.5. The molecular weight excluding hydrogens is 364 g/mol. The number of likely N-dealkylation sites (tertiary alicyclic amines) is 1. The molecule has 2 aliphatic rings. The van der Waals surface area contributed by atoms with Crippen LogP contribution >= 0.6 is 11.3 Å². The van der Waals surface area contributed by atoms with E-state index in [4.69, 9.17) is 0 Å². The Hall–Kier alpha value is -1.98. The van der Waals surface area contributed by atoms with Crippen LogP contribution in [0.15, 0.2) is 36.7 Å². The lowest BCUT2D eigenvalue weighted by molar-refractivity contribution is 0.211. The van der Waals surface area contributed by atoms with Crippen LogP contribution in [0.25, 0.3) is 10.2 Å². The first kappa shape index (κ1) is 18.1. The van der Waals surface area contributed by atoms with E-state index < -0.39 is 0 Å². The Morgan fingerprint density at radius 3 is 2.75 bits per heavy atom. The van der Waals surface area contributed by atoms with Crippen LogP contribution in [0.2, 0.25) is 0 Å². The molecular formula is C23H28N4S. The number of rotatable bonds is 4. The molecule has 0 bridgehead atoms. The highest BCUT2D eigenvalue weighted by Gasteiger charge is 2.25. The molecule has 0 saturated carbocycles. The van der Waals surface area contributed by atoms with E-state index in [-0.39, 0.29) is 0 Å². The minimum absolute atomic E-state index is 0.503. The summed E-state index contributed by atoms with van der Waals surface area (Å²) >= 11 is 1.88. The van der Waals surface area contributed by atoms with Gasteiger partial charge in [0.15, 0.2) is 0 Å². The molecule has 2 aromatic heterocycles. The number of nitrogens with one attached hydrogen (secondary N) is 1. The van der Waals surface area contributed by atoms with Gasteiger partial charge in [-0.3, -0.25) is 4.90 Å². The Balaban J connectivity index is 1.28. The number of hydrogen-bond acceptors (Lipinski definition) is 5. The highest BCUT2D eigenvalue weighted by atomic mass is 32.1. The van der Waals surface area contributed by atoms with Crippen molar-refractivity contribution in [3.63, 3.8) is 0 Å². The van der Waals surface area contributed by atoms with Gasteiger partial charge in [0, 0.05) is 30.6 Å². The molecule has 1 aliphatic heterocycles. The number of aryl methyl sites for hydroxylation is 1. The van der Waals surface area contributed by atoms with Crippen LogP contribution in [0.1, 0.15) is 42.2 Å². The third kappa shape index (κ3) is 3.65. The number of hydrogen-bond donors (Lipinski definition) is 1. The van der Waals surface area contributed by atoms with Gasteiger partial charge in [-0.1, -0.05) is 37.3 Å². The Bertz CT molecular complexity index is 944. The van der Waals surface area contributed by atoms with Gasteiger partial charge in [-0.25, -0.2) is 9.97 Å². The maximum Gasteiger partial charge on any atom is 0.138 e. The van der Waals surface area contributed by atoms with Crippen molar-refractivity contribution in [2.75, 3.05) is 18.4 Å². The zero-order valence-corrected chi connectivity index (χ0v) is 17.3. The molecule has 1 aromatic carbocycles. The van der Waals surface area contributed by atoms with E-state index >= 15 is 0 Å². The molecule has 5 rings (SSSR count). The molecule has 5 heteroatoms. The molecule has 1 N–H and O–H groups in total. The second kappa shape index (κ2) is 7.80. The summed E-state index contributed by atoms with van der Waals surface area (Å²) in [5.41, 5.74) is 2.92. The number of benzene rings is 1. The summed E-state index contributed by atoms with van der Waals surface area (Å²) in [7, 11) is 0. The summed E-state index contributed by atoms with van der Waals surface area (Å²) in [5, 5.41) is 5.09. The monoisotopic (exact) mass is 392 g/mol. The van der Waals surface area contributed by atoms with Crippen LogP contribution in [0.3, 0.4) is 0 Å². The summed E-state index contributed by atoms with van der Waals surface area (Å²) in [6.07, 6.45) is 7.73. The van der Waals surface area contributed by atoms with Crippen molar-refractivity contribution in [1.29, 1.82) is 0 Å². The molecule has 0 amide bonds. The maximum atomic E-state index is 4.66. The number of fused-ring (bicyclic) bond motifs is 3. The second-order valence-corrected chi connectivity index (χ2v) is 9.52. The standard InChI is InChI=1S/C23H28N4S/c1-16-7-8-19-20(13-16)28-23-21(19)22(24-15-25-23)26-18-9-11-27(12-10-18)14-17-5-3-2-4-6-17/h2-6,15-16,18H,7-14H2,1H3,(H,24,25,26)/t16-/m0/s1. The molecule has 28 heavy (non-hydrogen) atoms. The number of piperidine rings is 1. The topological polar surface area (TPSA) is 41.1 Å². The van der Waals surface area contributed by atoms with Crippen molar-refractivity contribution in [2.24, 2.45) is 5.92 Å². The van der Waals surface area contributed by atoms with E-state index in [1.807, 2.05) is 11.3 Å². The maximum absolute atomic E-state index is 4.66. The average Bonchev–Trinajstić information content (AvgIpc) is 3.08. The number of thiophene rings is 1. The van der Waals surface area contributed by atoms with Crippen molar-refractivity contribution >= 4 is 27.4 Å². The van der Waals surface area contributed by atoms with E-state index in [1.165, 1.54) is 53.5 Å². The minimum atomic E-state index is 0.503. The van der Waals surface area contributed by atoms with Gasteiger partial charge in [0.05, 0.1) is 5.39 Å². The van der Waals surface area contributed by atoms with Crippen LogP contribution in [-0.2, 0) is 19.4 Å². The molecule has 1 saturated heterocycles. The summed E-state index contributed by atoms with van der Waals surface area (Å²) in [4.78, 5) is 14.5. The van der Waals surface area contributed by atoms with Crippen molar-refractivity contribution in [1.82, 2.24) is 14.9 Å². The van der Waals surface area contributed by atoms with E-state index in [2.05, 4.69) is 57.4 Å². The van der Waals surface area contributed by atoms with Crippen LogP contribution < -0.4 is 5.32 Å². The number of nitrogens with zero attached hydrogens (tertiary/aromatic N) is 3. The van der Waals surface area contributed by atoms with E-state index in [0.717, 1.165) is 36.2 Å². The van der Waals surface area contributed by atoms with Gasteiger partial charge in [-0.2, -0.15) is 0 Å². The van der Waals surface area contributed by atoms with E-state index in [9.17, 15) is 0 Å². The zero-order valence-electron chi connectivity index (χ0n) is 16.5. The van der Waals surface area contributed by atoms with Crippen LogP contribution in [-0.4, -0.2) is 34.0 Å². The summed E-state index contributed by atoms with van der Waals surface area (Å²) in [6, 6.07) is 11.3. The second-order valence-electron chi connectivity index (χ2n) is 8.43. The van der Waals surface area contributed by atoms with Crippen LogP contribution in [0.4, 0.5) is 5.82 Å². The summed E-state index contributed by atoms with van der Waals surface area (Å²) in [5.74, 6) is 1.86. The highest BCUT2D eigenvalue weighted by molar-refractivity contribution is 7.19. The predicted molar refractivity (Wildman–Crippen MR) is 117 cm³/mol. The largest absolute Gasteiger partial charge is 0.367 e. The molecule has 4 nitrogen and oxygen atoms in total. The van der Waals surface area contributed by atoms with Gasteiger partial charge in [-0.05, 0) is 49.1 Å². The Labute approximate surface area is 171 Å². The van der Waals surface area contributed by atoms with Crippen molar-refractivity contribution in [2.45, 2.75) is 51.6 Å². The third-order valence-corrected chi connectivity index (χ3v) is 7.43. The zero-order chi connectivity index (χ0) is 18.9. The molecule has 0 unspecified atom stereocenters. The lowest BCUT2D eigenvalue weighted by atomic mass is 9.89. The molecule has 1 atom stereocenters. The normalized spacial score (nSPS) is 21.0. The fourth-order valence-electron chi connectivity index (χ4n) is 4.65. The van der Waals surface area contributed by atoms with Gasteiger partial charge in [0.2, 0.25) is 0 Å². The number of aromatic nitrogens is 2. The van der Waals surface area contributed by atoms with E-state index in [1.54, 1.807) is 6.33 Å². The SMILES string of the molecule is C[C@H]1CCc2c(sc3ncnc(NC4CCN(Cc5ccccc5)CC4)c23)C1. The van der Waals surface area contributed by atoms with Crippen molar-refractivity contribution in [3.8, 4) is 0 Å². The first-order valence-corrected chi connectivity index (χ1v) is 11.4. The fourth-order valence-corrected chi connectivity index (χ4v) is 6.01. The third-order valence-electron chi connectivity index (χ3n) is 6.27. The van der Waals surface area contributed by atoms with Crippen molar-refractivity contribution < 1.29 is 0 Å². The average molecular weight is 393 g/mol. The molecule has 1 fully saturated rings. The molecule has 3 aromatic rings. The Morgan fingerprint density at radius 2 is 1.93 bits per heavy atom. The number of anilines is 1. The smallest absolute Gasteiger partial charge is 0.138 e. The van der Waals surface area contributed by atoms with Gasteiger partial charge < -0.3 is 5.32 Å². The van der Waals surface area contributed by atoms with Gasteiger partial charge in [0.25, 0.3) is 0 Å². The summed E-state index contributed by atoms with van der Waals surface area (Å²) < 4.78 is 0.